The third kappa shape index (κ3) is 3.78. The van der Waals surface area contributed by atoms with Crippen molar-refractivity contribution < 1.29 is 9.53 Å². The van der Waals surface area contributed by atoms with Gasteiger partial charge in [0.05, 0.1) is 13.0 Å². The van der Waals surface area contributed by atoms with E-state index in [1.165, 1.54) is 0 Å². The molecule has 4 heteroatoms. The number of carbonyl (C=O) groups is 1. The molecule has 1 unspecified atom stereocenters. The van der Waals surface area contributed by atoms with E-state index in [-0.39, 0.29) is 5.91 Å². The van der Waals surface area contributed by atoms with E-state index in [1.807, 2.05) is 29.2 Å². The number of carbonyl (C=O) groups excluding carboxylic acids is 1. The summed E-state index contributed by atoms with van der Waals surface area (Å²) in [6.45, 7) is 2.97. The zero-order valence-corrected chi connectivity index (χ0v) is 11.5. The maximum absolute atomic E-state index is 12.2. The molecule has 1 aliphatic heterocycles. The van der Waals surface area contributed by atoms with Gasteiger partial charge in [-0.05, 0) is 17.5 Å². The fourth-order valence-electron chi connectivity index (χ4n) is 2.51. The summed E-state index contributed by atoms with van der Waals surface area (Å²) in [5, 5.41) is 0. The van der Waals surface area contributed by atoms with Gasteiger partial charge >= 0.3 is 0 Å². The highest BCUT2D eigenvalue weighted by Crippen LogP contribution is 2.17. The minimum atomic E-state index is 0.208. The van der Waals surface area contributed by atoms with Crippen LogP contribution in [0.25, 0.3) is 0 Å². The van der Waals surface area contributed by atoms with Gasteiger partial charge in [0.1, 0.15) is 0 Å². The first-order chi connectivity index (χ1) is 9.22. The first-order valence-electron chi connectivity index (χ1n) is 6.77. The van der Waals surface area contributed by atoms with Gasteiger partial charge in [0, 0.05) is 32.7 Å². The summed E-state index contributed by atoms with van der Waals surface area (Å²) in [5.74, 6) is 0.702. The standard InChI is InChI=1S/C15H22N2O2/c1-19-11-14-6-7-17(10-14)15(18)8-12-2-4-13(9-16)5-3-12/h2-5,14H,6-11,16H2,1H3. The number of hydrogen-bond acceptors (Lipinski definition) is 3. The van der Waals surface area contributed by atoms with Gasteiger partial charge in [-0.1, -0.05) is 24.3 Å². The van der Waals surface area contributed by atoms with Gasteiger partial charge in [-0.25, -0.2) is 0 Å². The van der Waals surface area contributed by atoms with Crippen LogP contribution in [0.3, 0.4) is 0 Å². The zero-order valence-electron chi connectivity index (χ0n) is 11.5. The first kappa shape index (κ1) is 14.0. The summed E-state index contributed by atoms with van der Waals surface area (Å²) in [7, 11) is 1.71. The summed E-state index contributed by atoms with van der Waals surface area (Å²) < 4.78 is 5.15. The predicted molar refractivity (Wildman–Crippen MR) is 74.6 cm³/mol. The van der Waals surface area contributed by atoms with Gasteiger partial charge in [0.25, 0.3) is 0 Å². The molecule has 19 heavy (non-hydrogen) atoms. The molecule has 1 saturated heterocycles. The monoisotopic (exact) mass is 262 g/mol. The lowest BCUT2D eigenvalue weighted by atomic mass is 10.1. The molecule has 1 aromatic rings. The molecular weight excluding hydrogens is 240 g/mol. The molecule has 0 radical (unpaired) electrons. The lowest BCUT2D eigenvalue weighted by Gasteiger charge is -2.16. The van der Waals surface area contributed by atoms with Gasteiger partial charge in [-0.15, -0.1) is 0 Å². The van der Waals surface area contributed by atoms with Gasteiger partial charge in [0.2, 0.25) is 5.91 Å². The summed E-state index contributed by atoms with van der Waals surface area (Å²) in [6, 6.07) is 7.95. The van der Waals surface area contributed by atoms with Crippen molar-refractivity contribution in [1.29, 1.82) is 0 Å². The largest absolute Gasteiger partial charge is 0.384 e. The molecule has 1 aromatic carbocycles. The van der Waals surface area contributed by atoms with Crippen LogP contribution in [-0.2, 0) is 22.5 Å². The van der Waals surface area contributed by atoms with Crippen LogP contribution in [0.4, 0.5) is 0 Å². The maximum atomic E-state index is 12.2. The molecule has 0 aliphatic carbocycles. The summed E-state index contributed by atoms with van der Waals surface area (Å²) in [4.78, 5) is 14.1. The normalized spacial score (nSPS) is 18.8. The lowest BCUT2D eigenvalue weighted by molar-refractivity contribution is -0.129. The van der Waals surface area contributed by atoms with Gasteiger partial charge in [-0.3, -0.25) is 4.79 Å². The Hall–Kier alpha value is -1.39. The van der Waals surface area contributed by atoms with Crippen LogP contribution < -0.4 is 5.73 Å². The van der Waals surface area contributed by atoms with E-state index in [9.17, 15) is 4.79 Å². The Labute approximate surface area is 114 Å². The van der Waals surface area contributed by atoms with E-state index in [1.54, 1.807) is 7.11 Å². The van der Waals surface area contributed by atoms with E-state index in [4.69, 9.17) is 10.5 Å². The quantitative estimate of drug-likeness (QED) is 0.867. The Morgan fingerprint density at radius 1 is 1.37 bits per heavy atom. The second-order valence-electron chi connectivity index (χ2n) is 5.15. The maximum Gasteiger partial charge on any atom is 0.227 e. The van der Waals surface area contributed by atoms with Crippen molar-refractivity contribution in [3.63, 3.8) is 0 Å². The van der Waals surface area contributed by atoms with Crippen LogP contribution in [0.1, 0.15) is 17.5 Å². The average Bonchev–Trinajstić information content (AvgIpc) is 2.89. The number of rotatable bonds is 5. The second kappa shape index (κ2) is 6.68. The van der Waals surface area contributed by atoms with E-state index in [0.717, 1.165) is 37.2 Å². The van der Waals surface area contributed by atoms with E-state index in [0.29, 0.717) is 18.9 Å². The van der Waals surface area contributed by atoms with Crippen LogP contribution in [0.2, 0.25) is 0 Å². The van der Waals surface area contributed by atoms with Gasteiger partial charge in [0.15, 0.2) is 0 Å². The molecule has 0 bridgehead atoms. The number of nitrogens with zero attached hydrogens (tertiary/aromatic N) is 1. The van der Waals surface area contributed by atoms with E-state index < -0.39 is 0 Å². The van der Waals surface area contributed by atoms with Crippen molar-refractivity contribution in [1.82, 2.24) is 4.90 Å². The Kier molecular flexibility index (Phi) is 4.93. The molecule has 0 saturated carbocycles. The minimum absolute atomic E-state index is 0.208. The minimum Gasteiger partial charge on any atom is -0.384 e. The number of ether oxygens (including phenoxy) is 1. The summed E-state index contributed by atoms with van der Waals surface area (Å²) in [5.41, 5.74) is 7.71. The molecule has 1 heterocycles. The summed E-state index contributed by atoms with van der Waals surface area (Å²) >= 11 is 0. The van der Waals surface area contributed by atoms with Gasteiger partial charge in [-0.2, -0.15) is 0 Å². The van der Waals surface area contributed by atoms with Crippen molar-refractivity contribution in [2.75, 3.05) is 26.8 Å². The smallest absolute Gasteiger partial charge is 0.227 e. The number of methoxy groups -OCH3 is 1. The number of nitrogens with two attached hydrogens (primary N) is 1. The van der Waals surface area contributed by atoms with Crippen LogP contribution in [-0.4, -0.2) is 37.6 Å². The molecule has 4 nitrogen and oxygen atoms in total. The summed E-state index contributed by atoms with van der Waals surface area (Å²) in [6.07, 6.45) is 1.52. The molecular formula is C15H22N2O2. The van der Waals surface area contributed by atoms with Crippen molar-refractivity contribution in [2.45, 2.75) is 19.4 Å². The third-order valence-electron chi connectivity index (χ3n) is 3.65. The topological polar surface area (TPSA) is 55.6 Å². The molecule has 1 amide bonds. The van der Waals surface area contributed by atoms with E-state index >= 15 is 0 Å². The SMILES string of the molecule is COCC1CCN(C(=O)Cc2ccc(CN)cc2)C1. The van der Waals surface area contributed by atoms with Crippen LogP contribution >= 0.6 is 0 Å². The number of likely N-dealkylation sites (tertiary alicyclic amines) is 1. The highest BCUT2D eigenvalue weighted by atomic mass is 16.5. The third-order valence-corrected chi connectivity index (χ3v) is 3.65. The molecule has 1 aliphatic rings. The Balaban J connectivity index is 1.87. The molecule has 2 N–H and O–H groups in total. The first-order valence-corrected chi connectivity index (χ1v) is 6.77. The van der Waals surface area contributed by atoms with E-state index in [2.05, 4.69) is 0 Å². The van der Waals surface area contributed by atoms with Gasteiger partial charge < -0.3 is 15.4 Å². The van der Waals surface area contributed by atoms with Crippen molar-refractivity contribution in [2.24, 2.45) is 11.7 Å². The van der Waals surface area contributed by atoms with Crippen molar-refractivity contribution in [3.05, 3.63) is 35.4 Å². The molecule has 0 aromatic heterocycles. The number of amides is 1. The Bertz CT molecular complexity index is 417. The average molecular weight is 262 g/mol. The van der Waals surface area contributed by atoms with Crippen molar-refractivity contribution >= 4 is 5.91 Å². The van der Waals surface area contributed by atoms with Crippen LogP contribution in [0.5, 0.6) is 0 Å². The predicted octanol–water partition coefficient (Wildman–Crippen LogP) is 1.18. The number of benzene rings is 1. The highest BCUT2D eigenvalue weighted by Gasteiger charge is 2.25. The Morgan fingerprint density at radius 3 is 2.68 bits per heavy atom. The van der Waals surface area contributed by atoms with Crippen molar-refractivity contribution in [3.8, 4) is 0 Å². The van der Waals surface area contributed by atoms with Crippen LogP contribution in [0, 0.1) is 5.92 Å². The molecule has 1 fully saturated rings. The Morgan fingerprint density at radius 2 is 2.05 bits per heavy atom. The molecule has 1 atom stereocenters. The lowest BCUT2D eigenvalue weighted by Crippen LogP contribution is -2.30. The molecule has 2 rings (SSSR count). The molecule has 0 spiro atoms. The number of hydrogen-bond donors (Lipinski definition) is 1. The second-order valence-corrected chi connectivity index (χ2v) is 5.15. The van der Waals surface area contributed by atoms with Crippen LogP contribution in [0.15, 0.2) is 24.3 Å². The fourth-order valence-corrected chi connectivity index (χ4v) is 2.51. The highest BCUT2D eigenvalue weighted by molar-refractivity contribution is 5.79. The fraction of sp³-hybridized carbons (Fsp3) is 0.533. The molecule has 104 valence electrons. The zero-order chi connectivity index (χ0) is 13.7.